The van der Waals surface area contributed by atoms with Gasteiger partial charge >= 0.3 is 5.97 Å². The number of aromatic nitrogens is 1. The van der Waals surface area contributed by atoms with E-state index in [4.69, 9.17) is 16.7 Å². The second-order valence-corrected chi connectivity index (χ2v) is 8.55. The van der Waals surface area contributed by atoms with Gasteiger partial charge in [-0.2, -0.15) is 0 Å². The van der Waals surface area contributed by atoms with Gasteiger partial charge in [-0.15, -0.1) is 0 Å². The smallest absolute Gasteiger partial charge is 0.338 e. The van der Waals surface area contributed by atoms with Crippen molar-refractivity contribution in [3.63, 3.8) is 0 Å². The largest absolute Gasteiger partial charge is 0.478 e. The molecule has 3 rings (SSSR count). The third-order valence-corrected chi connectivity index (χ3v) is 6.09. The average Bonchev–Trinajstić information content (AvgIpc) is 2.64. The van der Waals surface area contributed by atoms with Gasteiger partial charge in [-0.1, -0.05) is 47.6 Å². The number of carbonyl (C=O) groups is 1. The first-order valence-corrected chi connectivity index (χ1v) is 10.3. The van der Waals surface area contributed by atoms with Crippen LogP contribution >= 0.6 is 23.4 Å². The highest BCUT2D eigenvalue weighted by Gasteiger charge is 2.17. The molecule has 6 nitrogen and oxygen atoms in total. The minimum atomic E-state index is -3.92. The summed E-state index contributed by atoms with van der Waals surface area (Å²) in [6.07, 6.45) is 1.16. The molecule has 0 radical (unpaired) electrons. The maximum Gasteiger partial charge on any atom is 0.338 e. The number of nitrogens with zero attached hydrogens (tertiary/aromatic N) is 1. The van der Waals surface area contributed by atoms with Gasteiger partial charge in [0.2, 0.25) is 0 Å². The molecule has 0 fully saturated rings. The Labute approximate surface area is 165 Å². The molecule has 0 saturated heterocycles. The fourth-order valence-electron chi connectivity index (χ4n) is 2.20. The monoisotopic (exact) mass is 420 g/mol. The molecule has 0 unspecified atom stereocenters. The number of nitrogens with one attached hydrogen (secondary N) is 1. The Morgan fingerprint density at radius 2 is 1.74 bits per heavy atom. The van der Waals surface area contributed by atoms with Crippen LogP contribution in [0.3, 0.4) is 0 Å². The van der Waals surface area contributed by atoms with Crippen molar-refractivity contribution in [1.29, 1.82) is 0 Å². The molecular formula is C18H13ClN2O4S2. The highest BCUT2D eigenvalue weighted by Crippen LogP contribution is 2.29. The maximum atomic E-state index is 12.6. The summed E-state index contributed by atoms with van der Waals surface area (Å²) in [4.78, 5) is 16.6. The molecular weight excluding hydrogens is 408 g/mol. The Balaban J connectivity index is 1.86. The molecule has 0 aliphatic heterocycles. The number of benzene rings is 2. The number of carboxylic acid groups (broad SMARTS) is 1. The first kappa shape index (κ1) is 19.2. The average molecular weight is 421 g/mol. The van der Waals surface area contributed by atoms with Crippen molar-refractivity contribution in [2.24, 2.45) is 0 Å². The van der Waals surface area contributed by atoms with Crippen LogP contribution in [0.5, 0.6) is 0 Å². The summed E-state index contributed by atoms with van der Waals surface area (Å²) in [5.74, 6) is -1.30. The van der Waals surface area contributed by atoms with Gasteiger partial charge in [0.15, 0.2) is 0 Å². The van der Waals surface area contributed by atoms with Crippen LogP contribution in [0.4, 0.5) is 5.69 Å². The lowest BCUT2D eigenvalue weighted by molar-refractivity contribution is 0.0696. The summed E-state index contributed by atoms with van der Waals surface area (Å²) in [6.45, 7) is 0. The number of hydrogen-bond acceptors (Lipinski definition) is 5. The Kier molecular flexibility index (Phi) is 5.69. The summed E-state index contributed by atoms with van der Waals surface area (Å²) in [5.41, 5.74) is -0.275. The molecule has 27 heavy (non-hydrogen) atoms. The zero-order chi connectivity index (χ0) is 19.4. The minimum Gasteiger partial charge on any atom is -0.478 e. The predicted octanol–water partition coefficient (Wildman–Crippen LogP) is 4.39. The van der Waals surface area contributed by atoms with E-state index in [9.17, 15) is 13.2 Å². The van der Waals surface area contributed by atoms with Crippen LogP contribution in [-0.2, 0) is 10.0 Å². The molecule has 0 atom stereocenters. The van der Waals surface area contributed by atoms with Crippen LogP contribution in [0.2, 0.25) is 5.15 Å². The van der Waals surface area contributed by atoms with E-state index in [0.717, 1.165) is 22.1 Å². The molecule has 3 aromatic rings. The lowest BCUT2D eigenvalue weighted by atomic mass is 10.3. The Morgan fingerprint density at radius 3 is 2.44 bits per heavy atom. The Morgan fingerprint density at radius 1 is 1.04 bits per heavy atom. The standard InChI is InChI=1S/C18H13ClN2O4S2/c19-17-16(18(22)23)9-12(11-20-17)21-27(24,25)15-8-4-7-14(10-15)26-13-5-2-1-3-6-13/h1-11,21H,(H,22,23). The topological polar surface area (TPSA) is 96.4 Å². The predicted molar refractivity (Wildman–Crippen MR) is 104 cm³/mol. The van der Waals surface area contributed by atoms with Crippen molar-refractivity contribution in [2.75, 3.05) is 4.72 Å². The van der Waals surface area contributed by atoms with Crippen LogP contribution in [0.1, 0.15) is 10.4 Å². The Bertz CT molecular complexity index is 1090. The molecule has 1 aromatic heterocycles. The van der Waals surface area contributed by atoms with Crippen molar-refractivity contribution >= 4 is 45.0 Å². The number of anilines is 1. The van der Waals surface area contributed by atoms with E-state index in [1.54, 1.807) is 12.1 Å². The number of halogens is 1. The van der Waals surface area contributed by atoms with E-state index in [-0.39, 0.29) is 21.3 Å². The second kappa shape index (κ2) is 7.99. The van der Waals surface area contributed by atoms with Crippen molar-refractivity contribution in [1.82, 2.24) is 4.98 Å². The number of pyridine rings is 1. The van der Waals surface area contributed by atoms with Gasteiger partial charge < -0.3 is 5.11 Å². The molecule has 0 aliphatic rings. The van der Waals surface area contributed by atoms with Crippen LogP contribution in [-0.4, -0.2) is 24.5 Å². The zero-order valence-electron chi connectivity index (χ0n) is 13.7. The highest BCUT2D eigenvalue weighted by atomic mass is 35.5. The van der Waals surface area contributed by atoms with E-state index >= 15 is 0 Å². The Hall–Kier alpha value is -2.55. The van der Waals surface area contributed by atoms with Crippen LogP contribution < -0.4 is 4.72 Å². The number of sulfonamides is 1. The second-order valence-electron chi connectivity index (χ2n) is 5.36. The summed E-state index contributed by atoms with van der Waals surface area (Å²) < 4.78 is 27.6. The third-order valence-electron chi connectivity index (χ3n) is 3.42. The van der Waals surface area contributed by atoms with Gasteiger partial charge in [0.1, 0.15) is 5.15 Å². The number of hydrogen-bond donors (Lipinski definition) is 2. The van der Waals surface area contributed by atoms with E-state index in [1.807, 2.05) is 36.4 Å². The van der Waals surface area contributed by atoms with Gasteiger partial charge in [-0.25, -0.2) is 18.2 Å². The lowest BCUT2D eigenvalue weighted by Gasteiger charge is -2.10. The van der Waals surface area contributed by atoms with E-state index in [1.165, 1.54) is 17.8 Å². The minimum absolute atomic E-state index is 0.0120. The fraction of sp³-hybridized carbons (Fsp3) is 0. The molecule has 9 heteroatoms. The van der Waals surface area contributed by atoms with Crippen molar-refractivity contribution in [2.45, 2.75) is 14.7 Å². The van der Waals surface area contributed by atoms with E-state index < -0.39 is 16.0 Å². The van der Waals surface area contributed by atoms with E-state index in [0.29, 0.717) is 0 Å². The fourth-order valence-corrected chi connectivity index (χ4v) is 4.43. The molecule has 1 heterocycles. The van der Waals surface area contributed by atoms with Crippen LogP contribution in [0, 0.1) is 0 Å². The highest BCUT2D eigenvalue weighted by molar-refractivity contribution is 7.99. The molecule has 0 spiro atoms. The third kappa shape index (κ3) is 4.79. The van der Waals surface area contributed by atoms with Crippen molar-refractivity contribution in [3.05, 3.63) is 77.6 Å². The molecule has 2 aromatic carbocycles. The van der Waals surface area contributed by atoms with Gasteiger partial charge in [0, 0.05) is 9.79 Å². The van der Waals surface area contributed by atoms with Gasteiger partial charge in [0.05, 0.1) is 22.3 Å². The molecule has 2 N–H and O–H groups in total. The van der Waals surface area contributed by atoms with Crippen molar-refractivity contribution < 1.29 is 18.3 Å². The van der Waals surface area contributed by atoms with Gasteiger partial charge in [-0.3, -0.25) is 4.72 Å². The summed E-state index contributed by atoms with van der Waals surface area (Å²) >= 11 is 7.14. The maximum absolute atomic E-state index is 12.6. The normalized spacial score (nSPS) is 11.1. The van der Waals surface area contributed by atoms with E-state index in [2.05, 4.69) is 9.71 Å². The van der Waals surface area contributed by atoms with Crippen LogP contribution in [0.25, 0.3) is 0 Å². The van der Waals surface area contributed by atoms with Crippen LogP contribution in [0.15, 0.2) is 81.5 Å². The zero-order valence-corrected chi connectivity index (χ0v) is 16.1. The first-order chi connectivity index (χ1) is 12.8. The molecule has 0 saturated carbocycles. The molecule has 0 amide bonds. The van der Waals surface area contributed by atoms with Gasteiger partial charge in [0.25, 0.3) is 10.0 Å². The lowest BCUT2D eigenvalue weighted by Crippen LogP contribution is -2.14. The molecule has 0 aliphatic carbocycles. The number of carboxylic acids is 1. The van der Waals surface area contributed by atoms with Crippen molar-refractivity contribution in [3.8, 4) is 0 Å². The van der Waals surface area contributed by atoms with Gasteiger partial charge in [-0.05, 0) is 36.4 Å². The molecule has 0 bridgehead atoms. The first-order valence-electron chi connectivity index (χ1n) is 7.60. The number of aromatic carboxylic acids is 1. The molecule has 138 valence electrons. The quantitative estimate of drug-likeness (QED) is 0.574. The summed E-state index contributed by atoms with van der Waals surface area (Å²) in [7, 11) is -3.92. The number of rotatable bonds is 6. The summed E-state index contributed by atoms with van der Waals surface area (Å²) in [6, 6.07) is 17.1. The summed E-state index contributed by atoms with van der Waals surface area (Å²) in [5, 5.41) is 8.86. The SMILES string of the molecule is O=C(O)c1cc(NS(=O)(=O)c2cccc(Sc3ccccc3)c2)cnc1Cl.